The predicted octanol–water partition coefficient (Wildman–Crippen LogP) is 5.20. The Morgan fingerprint density at radius 2 is 1.26 bits per heavy atom. The van der Waals surface area contributed by atoms with Crippen molar-refractivity contribution in [1.29, 1.82) is 0 Å². The minimum absolute atomic E-state index is 0.255. The summed E-state index contributed by atoms with van der Waals surface area (Å²) in [5, 5.41) is 19.6. The maximum atomic E-state index is 14.3. The number of sulfonamides is 1. The number of aromatic hydroxyl groups is 2. The zero-order valence-electron chi connectivity index (χ0n) is 17.7. The van der Waals surface area contributed by atoms with E-state index >= 15 is 0 Å². The first-order valence-corrected chi connectivity index (χ1v) is 11.1. The van der Waals surface area contributed by atoms with Crippen molar-refractivity contribution in [2.75, 3.05) is 10.5 Å². The van der Waals surface area contributed by atoms with Crippen molar-refractivity contribution in [3.8, 4) is 11.5 Å². The lowest BCUT2D eigenvalue weighted by Gasteiger charge is -2.38. The van der Waals surface area contributed by atoms with Crippen LogP contribution in [0.4, 0.5) is 37.7 Å². The largest absolute Gasteiger partial charge is 0.506 e. The van der Waals surface area contributed by atoms with Gasteiger partial charge in [-0.3, -0.25) is 4.72 Å². The van der Waals surface area contributed by atoms with E-state index in [1.54, 1.807) is 6.92 Å². The van der Waals surface area contributed by atoms with Crippen LogP contribution in [0.2, 0.25) is 0 Å². The van der Waals surface area contributed by atoms with Crippen LogP contribution in [0.5, 0.6) is 11.5 Å². The first kappa shape index (κ1) is 26.0. The number of anilines is 2. The van der Waals surface area contributed by atoms with Crippen LogP contribution in [-0.4, -0.2) is 31.0 Å². The summed E-state index contributed by atoms with van der Waals surface area (Å²) in [6.45, 7) is 1.67. The first-order valence-electron chi connectivity index (χ1n) is 9.66. The molecule has 3 aromatic rings. The molecule has 0 radical (unpaired) electrons. The highest BCUT2D eigenvalue weighted by Gasteiger charge is 2.72. The van der Waals surface area contributed by atoms with Crippen molar-refractivity contribution >= 4 is 21.4 Å². The second-order valence-electron chi connectivity index (χ2n) is 7.67. The van der Waals surface area contributed by atoms with Gasteiger partial charge in [-0.15, -0.1) is 0 Å². The molecule has 35 heavy (non-hydrogen) atoms. The summed E-state index contributed by atoms with van der Waals surface area (Å²) in [7, 11) is -4.49. The average molecular weight is 520 g/mol. The zero-order valence-corrected chi connectivity index (χ0v) is 18.6. The van der Waals surface area contributed by atoms with E-state index in [0.717, 1.165) is 0 Å². The molecule has 0 atom stereocenters. The molecule has 0 amide bonds. The number of nitrogens with one attached hydrogen (secondary N) is 1. The summed E-state index contributed by atoms with van der Waals surface area (Å²) >= 11 is 0. The number of nitrogens with two attached hydrogens (primary N) is 1. The Hall–Kier alpha value is -3.61. The lowest BCUT2D eigenvalue weighted by Crippen LogP contribution is -2.54. The van der Waals surface area contributed by atoms with E-state index in [-0.39, 0.29) is 11.0 Å². The van der Waals surface area contributed by atoms with Gasteiger partial charge in [-0.1, -0.05) is 29.8 Å². The third-order valence-corrected chi connectivity index (χ3v) is 6.70. The number of halogens is 6. The third-order valence-electron chi connectivity index (χ3n) is 5.32. The second-order valence-corrected chi connectivity index (χ2v) is 9.35. The van der Waals surface area contributed by atoms with Crippen LogP contribution in [-0.2, 0) is 15.4 Å². The molecule has 5 N–H and O–H groups in total. The second kappa shape index (κ2) is 8.56. The van der Waals surface area contributed by atoms with Crippen LogP contribution in [0.15, 0.2) is 65.6 Å². The number of alkyl halides is 6. The van der Waals surface area contributed by atoms with Gasteiger partial charge in [0.2, 0.25) is 5.41 Å². The zero-order chi connectivity index (χ0) is 26.4. The van der Waals surface area contributed by atoms with Crippen molar-refractivity contribution in [3.05, 3.63) is 77.4 Å². The summed E-state index contributed by atoms with van der Waals surface area (Å²) in [6.07, 6.45) is -12.0. The fraction of sp³-hybridized carbons (Fsp3) is 0.182. The molecule has 0 saturated carbocycles. The van der Waals surface area contributed by atoms with Crippen LogP contribution in [0.25, 0.3) is 0 Å². The highest BCUT2D eigenvalue weighted by molar-refractivity contribution is 7.92. The number of rotatable bonds is 5. The molecule has 188 valence electrons. The Balaban J connectivity index is 2.27. The normalized spacial score (nSPS) is 13.0. The van der Waals surface area contributed by atoms with E-state index in [1.807, 2.05) is 4.72 Å². The van der Waals surface area contributed by atoms with E-state index < -0.39 is 61.8 Å². The quantitative estimate of drug-likeness (QED) is 0.210. The van der Waals surface area contributed by atoms with E-state index in [1.165, 1.54) is 24.3 Å². The molecular weight excluding hydrogens is 502 g/mol. The average Bonchev–Trinajstić information content (AvgIpc) is 2.71. The summed E-state index contributed by atoms with van der Waals surface area (Å²) in [5.74, 6) is -1.64. The molecule has 13 heteroatoms. The molecule has 0 aliphatic rings. The molecule has 6 nitrogen and oxygen atoms in total. The standard InChI is InChI=1S/C22H18F6N2O4S/c1-12-2-6-15(7-3-12)35(33,34)30-17-11-14(5-9-19(17)32)20(21(23,24)25,22(26,27)28)13-4-8-18(31)16(29)10-13/h2-11,30-32H,29H2,1H3. The highest BCUT2D eigenvalue weighted by atomic mass is 32.2. The van der Waals surface area contributed by atoms with Crippen molar-refractivity contribution in [2.45, 2.75) is 29.6 Å². The van der Waals surface area contributed by atoms with Gasteiger partial charge in [0.1, 0.15) is 11.5 Å². The maximum Gasteiger partial charge on any atom is 0.411 e. The Morgan fingerprint density at radius 3 is 1.74 bits per heavy atom. The van der Waals surface area contributed by atoms with Crippen LogP contribution < -0.4 is 10.5 Å². The van der Waals surface area contributed by atoms with Crippen LogP contribution >= 0.6 is 0 Å². The van der Waals surface area contributed by atoms with E-state index in [2.05, 4.69) is 0 Å². The smallest absolute Gasteiger partial charge is 0.411 e. The van der Waals surface area contributed by atoms with Crippen molar-refractivity contribution in [3.63, 3.8) is 0 Å². The van der Waals surface area contributed by atoms with Gasteiger partial charge in [0.15, 0.2) is 0 Å². The van der Waals surface area contributed by atoms with Crippen molar-refractivity contribution < 1.29 is 45.0 Å². The molecule has 0 spiro atoms. The lowest BCUT2D eigenvalue weighted by atomic mass is 9.72. The fourth-order valence-corrected chi connectivity index (χ4v) is 4.61. The molecule has 3 aromatic carbocycles. The molecule has 0 bridgehead atoms. The summed E-state index contributed by atoms with van der Waals surface area (Å²) in [6, 6.07) is 7.68. The van der Waals surface area contributed by atoms with Gasteiger partial charge in [0, 0.05) is 0 Å². The molecule has 0 aliphatic heterocycles. The topological polar surface area (TPSA) is 113 Å². The van der Waals surface area contributed by atoms with Crippen LogP contribution in [0, 0.1) is 6.92 Å². The van der Waals surface area contributed by atoms with Gasteiger partial charge in [-0.2, -0.15) is 26.3 Å². The Kier molecular flexibility index (Phi) is 6.36. The predicted molar refractivity (Wildman–Crippen MR) is 116 cm³/mol. The summed E-state index contributed by atoms with van der Waals surface area (Å²) in [5.41, 5.74) is -3.07. The molecule has 3 rings (SSSR count). The minimum atomic E-state index is -6.00. The molecule has 0 saturated heterocycles. The maximum absolute atomic E-state index is 14.3. The molecule has 0 fully saturated rings. The van der Waals surface area contributed by atoms with Gasteiger partial charge in [-0.25, -0.2) is 8.42 Å². The molecule has 0 aromatic heterocycles. The minimum Gasteiger partial charge on any atom is -0.506 e. The number of benzene rings is 3. The number of aryl methyl sites for hydroxylation is 1. The van der Waals surface area contributed by atoms with Gasteiger partial charge < -0.3 is 15.9 Å². The third kappa shape index (κ3) is 4.55. The first-order chi connectivity index (χ1) is 16.0. The summed E-state index contributed by atoms with van der Waals surface area (Å²) < 4.78 is 113. The van der Waals surface area contributed by atoms with Gasteiger partial charge in [0.25, 0.3) is 10.0 Å². The Bertz CT molecular complexity index is 1340. The highest BCUT2D eigenvalue weighted by Crippen LogP contribution is 2.57. The van der Waals surface area contributed by atoms with Crippen molar-refractivity contribution in [1.82, 2.24) is 0 Å². The van der Waals surface area contributed by atoms with Gasteiger partial charge in [0.05, 0.1) is 16.3 Å². The van der Waals surface area contributed by atoms with E-state index in [9.17, 15) is 45.0 Å². The number of hydrogen-bond acceptors (Lipinski definition) is 5. The number of phenolic OH excluding ortho intramolecular Hbond substituents is 2. The Labute approximate surface area is 195 Å². The van der Waals surface area contributed by atoms with Gasteiger partial charge >= 0.3 is 12.4 Å². The van der Waals surface area contributed by atoms with Crippen LogP contribution in [0.3, 0.4) is 0 Å². The fourth-order valence-electron chi connectivity index (χ4n) is 3.54. The van der Waals surface area contributed by atoms with Crippen molar-refractivity contribution in [2.24, 2.45) is 0 Å². The SMILES string of the molecule is Cc1ccc(S(=O)(=O)Nc2cc(C(c3ccc(O)c(N)c3)(C(F)(F)F)C(F)(F)F)ccc2O)cc1. The van der Waals surface area contributed by atoms with Crippen LogP contribution in [0.1, 0.15) is 16.7 Å². The molecule has 0 heterocycles. The molecule has 0 unspecified atom stereocenters. The number of hydrogen-bond donors (Lipinski definition) is 4. The Morgan fingerprint density at radius 1 is 0.771 bits per heavy atom. The number of phenols is 2. The molecule has 0 aliphatic carbocycles. The molecular formula is C22H18F6N2O4S. The monoisotopic (exact) mass is 520 g/mol. The van der Waals surface area contributed by atoms with E-state index in [0.29, 0.717) is 35.9 Å². The summed E-state index contributed by atoms with van der Waals surface area (Å²) in [4.78, 5) is -0.336. The lowest BCUT2D eigenvalue weighted by molar-refractivity contribution is -0.288. The van der Waals surface area contributed by atoms with Gasteiger partial charge in [-0.05, 0) is 54.4 Å². The van der Waals surface area contributed by atoms with E-state index in [4.69, 9.17) is 5.73 Å². The number of nitrogen functional groups attached to an aromatic ring is 1.